The van der Waals surface area contributed by atoms with Gasteiger partial charge in [0, 0.05) is 49.7 Å². The number of benzene rings is 2. The molecule has 4 rings (SSSR count). The first-order chi connectivity index (χ1) is 15.4. The van der Waals surface area contributed by atoms with E-state index in [2.05, 4.69) is 35.2 Å². The average Bonchev–Trinajstić information content (AvgIpc) is 2.79. The van der Waals surface area contributed by atoms with Crippen LogP contribution in [-0.4, -0.2) is 56.1 Å². The minimum absolute atomic E-state index is 0.153. The van der Waals surface area contributed by atoms with Crippen molar-refractivity contribution in [1.29, 1.82) is 0 Å². The molecule has 0 unspecified atom stereocenters. The number of piperazine rings is 1. The molecule has 1 aliphatic heterocycles. The highest BCUT2D eigenvalue weighted by Crippen LogP contribution is 2.26. The molecule has 1 N–H and O–H groups in total. The second-order valence-corrected chi connectivity index (χ2v) is 8.33. The number of nitrogens with zero attached hydrogens (tertiary/aromatic N) is 3. The number of hydrogen-bond acceptors (Lipinski definition) is 5. The van der Waals surface area contributed by atoms with Gasteiger partial charge in [-0.15, -0.1) is 0 Å². The first kappa shape index (κ1) is 22.0. The van der Waals surface area contributed by atoms with Crippen molar-refractivity contribution >= 4 is 28.3 Å². The van der Waals surface area contributed by atoms with Crippen molar-refractivity contribution in [2.24, 2.45) is 0 Å². The predicted octanol–water partition coefficient (Wildman–Crippen LogP) is 4.01. The average molecular weight is 437 g/mol. The molecule has 1 aliphatic rings. The van der Waals surface area contributed by atoms with Crippen LogP contribution in [0.15, 0.2) is 42.5 Å². The second-order valence-electron chi connectivity index (χ2n) is 8.33. The number of rotatable bonds is 6. The Morgan fingerprint density at radius 3 is 2.62 bits per heavy atom. The molecule has 1 fully saturated rings. The molecule has 3 aromatic rings. The summed E-state index contributed by atoms with van der Waals surface area (Å²) in [4.78, 5) is 21.9. The quantitative estimate of drug-likeness (QED) is 0.633. The zero-order valence-electron chi connectivity index (χ0n) is 18.8. The van der Waals surface area contributed by atoms with E-state index in [1.54, 1.807) is 12.1 Å². The van der Waals surface area contributed by atoms with E-state index in [9.17, 15) is 9.18 Å². The number of aryl methyl sites for hydroxylation is 2. The number of nitrogens with one attached hydrogen (secondary N) is 1. The number of carbonyl (C=O) groups is 1. The molecule has 1 aromatic heterocycles. The van der Waals surface area contributed by atoms with Crippen molar-refractivity contribution in [2.45, 2.75) is 19.8 Å². The number of fused-ring (bicyclic) bond motifs is 1. The van der Waals surface area contributed by atoms with E-state index < -0.39 is 0 Å². The summed E-state index contributed by atoms with van der Waals surface area (Å²) in [5, 5.41) is 3.94. The number of anilines is 2. The summed E-state index contributed by atoms with van der Waals surface area (Å²) >= 11 is 0. The summed E-state index contributed by atoms with van der Waals surface area (Å²) in [5.41, 5.74) is 3.25. The summed E-state index contributed by atoms with van der Waals surface area (Å²) in [5.74, 6) is 0.952. The second kappa shape index (κ2) is 9.53. The van der Waals surface area contributed by atoms with Gasteiger partial charge in [-0.2, -0.15) is 0 Å². The highest BCUT2D eigenvalue weighted by atomic mass is 19.1. The first-order valence-electron chi connectivity index (χ1n) is 10.9. The monoisotopic (exact) mass is 436 g/mol. The smallest absolute Gasteiger partial charge is 0.224 e. The standard InChI is InChI=1S/C25H29FN4O2/c1-17-14-24(30-12-10-29(2)11-13-30)28-23-8-6-19(15-21(17)23)27-25(31)9-5-18-4-7-20(32-3)16-22(18)26/h4,6-8,14-16H,5,9-13H2,1-3H3,(H,27,31). The van der Waals surface area contributed by atoms with Crippen LogP contribution in [0.2, 0.25) is 0 Å². The minimum Gasteiger partial charge on any atom is -0.497 e. The van der Waals surface area contributed by atoms with Gasteiger partial charge in [0.05, 0.1) is 12.6 Å². The van der Waals surface area contributed by atoms with Crippen molar-refractivity contribution in [3.63, 3.8) is 0 Å². The van der Waals surface area contributed by atoms with Crippen molar-refractivity contribution in [1.82, 2.24) is 9.88 Å². The predicted molar refractivity (Wildman–Crippen MR) is 126 cm³/mol. The number of carbonyl (C=O) groups excluding carboxylic acids is 1. The molecule has 0 bridgehead atoms. The summed E-state index contributed by atoms with van der Waals surface area (Å²) in [6.45, 7) is 6.07. The van der Waals surface area contributed by atoms with Gasteiger partial charge in [-0.1, -0.05) is 6.07 Å². The van der Waals surface area contributed by atoms with E-state index >= 15 is 0 Å². The Kier molecular flexibility index (Phi) is 6.55. The number of amides is 1. The Hall–Kier alpha value is -3.19. The number of aromatic nitrogens is 1. The molecule has 32 heavy (non-hydrogen) atoms. The van der Waals surface area contributed by atoms with Crippen LogP contribution in [0.1, 0.15) is 17.5 Å². The molecule has 1 amide bonds. The van der Waals surface area contributed by atoms with Crippen molar-refractivity contribution in [3.05, 3.63) is 59.4 Å². The van der Waals surface area contributed by atoms with E-state index in [0.717, 1.165) is 54.2 Å². The lowest BCUT2D eigenvalue weighted by molar-refractivity contribution is -0.116. The minimum atomic E-state index is -0.360. The molecule has 0 spiro atoms. The zero-order valence-corrected chi connectivity index (χ0v) is 18.8. The molecule has 0 atom stereocenters. The highest BCUT2D eigenvalue weighted by molar-refractivity contribution is 5.94. The van der Waals surface area contributed by atoms with Crippen LogP contribution in [0.3, 0.4) is 0 Å². The normalized spacial score (nSPS) is 14.6. The lowest BCUT2D eigenvalue weighted by Crippen LogP contribution is -2.44. The Morgan fingerprint density at radius 1 is 1.12 bits per heavy atom. The van der Waals surface area contributed by atoms with Crippen LogP contribution >= 0.6 is 0 Å². The Balaban J connectivity index is 1.42. The number of ether oxygens (including phenoxy) is 1. The molecule has 0 saturated carbocycles. The fraction of sp³-hybridized carbons (Fsp3) is 0.360. The van der Waals surface area contributed by atoms with Crippen molar-refractivity contribution < 1.29 is 13.9 Å². The van der Waals surface area contributed by atoms with Crippen LogP contribution in [0, 0.1) is 12.7 Å². The lowest BCUT2D eigenvalue weighted by Gasteiger charge is -2.33. The molecule has 7 heteroatoms. The Labute approximate surface area is 188 Å². The largest absolute Gasteiger partial charge is 0.497 e. The van der Waals surface area contributed by atoms with Gasteiger partial charge in [0.2, 0.25) is 5.91 Å². The number of likely N-dealkylation sites (N-methyl/N-ethyl adjacent to an activating group) is 1. The number of halogens is 1. The van der Waals surface area contributed by atoms with Gasteiger partial charge in [-0.3, -0.25) is 4.79 Å². The maximum absolute atomic E-state index is 14.1. The number of pyridine rings is 1. The van der Waals surface area contributed by atoms with Gasteiger partial charge in [0.1, 0.15) is 17.4 Å². The van der Waals surface area contributed by atoms with Crippen molar-refractivity contribution in [2.75, 3.05) is 50.6 Å². The van der Waals surface area contributed by atoms with Gasteiger partial charge in [-0.25, -0.2) is 9.37 Å². The maximum atomic E-state index is 14.1. The first-order valence-corrected chi connectivity index (χ1v) is 10.9. The van der Waals surface area contributed by atoms with Crippen LogP contribution in [0.25, 0.3) is 10.9 Å². The SMILES string of the molecule is COc1ccc(CCC(=O)Nc2ccc3nc(N4CCN(C)CC4)cc(C)c3c2)c(F)c1. The highest BCUT2D eigenvalue weighted by Gasteiger charge is 2.17. The molecule has 0 radical (unpaired) electrons. The third-order valence-electron chi connectivity index (χ3n) is 5.99. The molecule has 2 heterocycles. The van der Waals surface area contributed by atoms with Gasteiger partial charge < -0.3 is 19.9 Å². The molecule has 0 aliphatic carbocycles. The van der Waals surface area contributed by atoms with E-state index in [1.807, 2.05) is 18.2 Å². The van der Waals surface area contributed by atoms with Crippen LogP contribution in [0.4, 0.5) is 15.9 Å². The maximum Gasteiger partial charge on any atom is 0.224 e. The number of methoxy groups -OCH3 is 1. The van der Waals surface area contributed by atoms with Gasteiger partial charge >= 0.3 is 0 Å². The van der Waals surface area contributed by atoms with Crippen LogP contribution in [0.5, 0.6) is 5.75 Å². The molecular formula is C25H29FN4O2. The molecule has 1 saturated heterocycles. The third kappa shape index (κ3) is 4.99. The van der Waals surface area contributed by atoms with Gasteiger partial charge in [0.25, 0.3) is 0 Å². The molecule has 6 nitrogen and oxygen atoms in total. The van der Waals surface area contributed by atoms with Crippen LogP contribution < -0.4 is 15.0 Å². The van der Waals surface area contributed by atoms with E-state index in [4.69, 9.17) is 9.72 Å². The topological polar surface area (TPSA) is 57.7 Å². The van der Waals surface area contributed by atoms with Crippen LogP contribution in [-0.2, 0) is 11.2 Å². The Bertz CT molecular complexity index is 1130. The fourth-order valence-electron chi connectivity index (χ4n) is 3.98. The fourth-order valence-corrected chi connectivity index (χ4v) is 3.98. The molecule has 168 valence electrons. The third-order valence-corrected chi connectivity index (χ3v) is 5.99. The zero-order chi connectivity index (χ0) is 22.7. The number of hydrogen-bond donors (Lipinski definition) is 1. The molecular weight excluding hydrogens is 407 g/mol. The van der Waals surface area contributed by atoms with E-state index in [1.165, 1.54) is 13.2 Å². The Morgan fingerprint density at radius 2 is 1.91 bits per heavy atom. The van der Waals surface area contributed by atoms with Crippen molar-refractivity contribution in [3.8, 4) is 5.75 Å². The van der Waals surface area contributed by atoms with Gasteiger partial charge in [-0.05, 0) is 61.9 Å². The summed E-state index contributed by atoms with van der Waals surface area (Å²) < 4.78 is 19.1. The van der Waals surface area contributed by atoms with E-state index in [0.29, 0.717) is 17.7 Å². The lowest BCUT2D eigenvalue weighted by atomic mass is 10.1. The summed E-state index contributed by atoms with van der Waals surface area (Å²) in [6.07, 6.45) is 0.519. The van der Waals surface area contributed by atoms with Gasteiger partial charge in [0.15, 0.2) is 0 Å². The molecule has 2 aromatic carbocycles. The summed E-state index contributed by atoms with van der Waals surface area (Å²) in [7, 11) is 3.63. The van der Waals surface area contributed by atoms with E-state index in [-0.39, 0.29) is 18.1 Å². The summed E-state index contributed by atoms with van der Waals surface area (Å²) in [6, 6.07) is 12.6.